The van der Waals surface area contributed by atoms with Gasteiger partial charge in [0.25, 0.3) is 5.91 Å². The Morgan fingerprint density at radius 1 is 1.22 bits per heavy atom. The van der Waals surface area contributed by atoms with E-state index in [4.69, 9.17) is 4.74 Å². The Morgan fingerprint density at radius 3 is 2.74 bits per heavy atom. The topological polar surface area (TPSA) is 81.9 Å². The molecule has 1 N–H and O–H groups in total. The lowest BCUT2D eigenvalue weighted by Crippen LogP contribution is -2.20. The van der Waals surface area contributed by atoms with Crippen LogP contribution in [0.5, 0.6) is 5.75 Å². The number of tetrazole rings is 1. The summed E-state index contributed by atoms with van der Waals surface area (Å²) in [6.07, 6.45) is 1.47. The second-order valence-corrected chi connectivity index (χ2v) is 4.60. The number of nitrogens with zero attached hydrogens (tertiary/aromatic N) is 4. The predicted molar refractivity (Wildman–Crippen MR) is 79.7 cm³/mol. The molecule has 0 aliphatic carbocycles. The number of nitrogens with one attached hydrogen (secondary N) is 1. The van der Waals surface area contributed by atoms with Gasteiger partial charge in [-0.2, -0.15) is 0 Å². The number of aromatic nitrogens is 4. The molecular weight excluding hydrogens is 301 g/mol. The van der Waals surface area contributed by atoms with Crippen molar-refractivity contribution in [3.8, 4) is 11.4 Å². The molecule has 0 bridgehead atoms. The summed E-state index contributed by atoms with van der Waals surface area (Å²) in [5.74, 6) is -0.459. The number of anilines is 1. The first kappa shape index (κ1) is 14.6. The Balaban J connectivity index is 1.55. The van der Waals surface area contributed by atoms with Crippen molar-refractivity contribution in [2.45, 2.75) is 0 Å². The number of halogens is 1. The van der Waals surface area contributed by atoms with Gasteiger partial charge < -0.3 is 10.1 Å². The molecule has 116 valence electrons. The fourth-order valence-electron chi connectivity index (χ4n) is 1.88. The first-order chi connectivity index (χ1) is 11.2. The van der Waals surface area contributed by atoms with E-state index < -0.39 is 5.82 Å². The fourth-order valence-corrected chi connectivity index (χ4v) is 1.88. The lowest BCUT2D eigenvalue weighted by molar-refractivity contribution is -0.118. The number of hydrogen-bond acceptors (Lipinski definition) is 5. The SMILES string of the molecule is O=C(COc1cccc(F)c1)Nc1ccc(-n2cnnn2)cc1. The second-order valence-electron chi connectivity index (χ2n) is 4.60. The normalized spacial score (nSPS) is 10.3. The van der Waals surface area contributed by atoms with E-state index in [0.717, 1.165) is 5.69 Å². The van der Waals surface area contributed by atoms with Crippen LogP contribution in [0.25, 0.3) is 5.69 Å². The molecule has 0 atom stereocenters. The maximum Gasteiger partial charge on any atom is 0.262 e. The van der Waals surface area contributed by atoms with Gasteiger partial charge in [0.2, 0.25) is 0 Å². The molecule has 3 rings (SSSR count). The minimum atomic E-state index is -0.416. The van der Waals surface area contributed by atoms with Crippen LogP contribution in [-0.2, 0) is 4.79 Å². The van der Waals surface area contributed by atoms with Crippen molar-refractivity contribution in [2.24, 2.45) is 0 Å². The molecule has 0 aliphatic rings. The van der Waals surface area contributed by atoms with Crippen LogP contribution in [0.1, 0.15) is 0 Å². The standard InChI is InChI=1S/C15H12FN5O2/c16-11-2-1-3-14(8-11)23-9-15(22)18-12-4-6-13(7-5-12)21-10-17-19-20-21/h1-8,10H,9H2,(H,18,22). The van der Waals surface area contributed by atoms with Crippen molar-refractivity contribution in [3.05, 3.63) is 60.7 Å². The Kier molecular flexibility index (Phi) is 4.23. The molecule has 0 radical (unpaired) electrons. The zero-order valence-electron chi connectivity index (χ0n) is 11.9. The minimum absolute atomic E-state index is 0.210. The third-order valence-corrected chi connectivity index (χ3v) is 2.93. The molecule has 1 aromatic heterocycles. The molecule has 0 fully saturated rings. The summed E-state index contributed by atoms with van der Waals surface area (Å²) in [7, 11) is 0. The molecular formula is C15H12FN5O2. The lowest BCUT2D eigenvalue weighted by atomic mass is 10.3. The van der Waals surface area contributed by atoms with Gasteiger partial charge in [-0.05, 0) is 46.8 Å². The largest absolute Gasteiger partial charge is 0.484 e. The second kappa shape index (κ2) is 6.65. The quantitative estimate of drug-likeness (QED) is 0.777. The van der Waals surface area contributed by atoms with Gasteiger partial charge in [0.05, 0.1) is 5.69 Å². The Morgan fingerprint density at radius 2 is 2.04 bits per heavy atom. The number of hydrogen-bond donors (Lipinski definition) is 1. The third-order valence-electron chi connectivity index (χ3n) is 2.93. The predicted octanol–water partition coefficient (Wildman–Crippen LogP) is 1.82. The van der Waals surface area contributed by atoms with Gasteiger partial charge in [-0.3, -0.25) is 4.79 Å². The van der Waals surface area contributed by atoms with Crippen LogP contribution < -0.4 is 10.1 Å². The van der Waals surface area contributed by atoms with Crippen molar-refractivity contribution in [3.63, 3.8) is 0 Å². The number of amides is 1. The molecule has 1 heterocycles. The number of benzene rings is 2. The van der Waals surface area contributed by atoms with Crippen molar-refractivity contribution in [1.29, 1.82) is 0 Å². The Hall–Kier alpha value is -3.29. The van der Waals surface area contributed by atoms with E-state index in [1.165, 1.54) is 29.2 Å². The molecule has 2 aromatic carbocycles. The van der Waals surface area contributed by atoms with Gasteiger partial charge in [0.1, 0.15) is 17.9 Å². The Labute approximate surface area is 130 Å². The highest BCUT2D eigenvalue weighted by Gasteiger charge is 2.05. The van der Waals surface area contributed by atoms with E-state index in [-0.39, 0.29) is 12.5 Å². The van der Waals surface area contributed by atoms with E-state index >= 15 is 0 Å². The first-order valence-corrected chi connectivity index (χ1v) is 6.72. The molecule has 1 amide bonds. The monoisotopic (exact) mass is 313 g/mol. The van der Waals surface area contributed by atoms with Crippen LogP contribution in [0.3, 0.4) is 0 Å². The van der Waals surface area contributed by atoms with Crippen molar-refractivity contribution in [1.82, 2.24) is 20.2 Å². The van der Waals surface area contributed by atoms with Crippen molar-refractivity contribution >= 4 is 11.6 Å². The van der Waals surface area contributed by atoms with Gasteiger partial charge in [-0.25, -0.2) is 9.07 Å². The first-order valence-electron chi connectivity index (χ1n) is 6.72. The molecule has 3 aromatic rings. The highest BCUT2D eigenvalue weighted by molar-refractivity contribution is 5.91. The van der Waals surface area contributed by atoms with Gasteiger partial charge >= 0.3 is 0 Å². The molecule has 0 saturated heterocycles. The average Bonchev–Trinajstić information content (AvgIpc) is 3.08. The van der Waals surface area contributed by atoms with E-state index in [1.807, 2.05) is 0 Å². The highest BCUT2D eigenvalue weighted by atomic mass is 19.1. The van der Waals surface area contributed by atoms with Gasteiger partial charge in [0.15, 0.2) is 6.61 Å². The van der Waals surface area contributed by atoms with Gasteiger partial charge in [0, 0.05) is 11.8 Å². The summed E-state index contributed by atoms with van der Waals surface area (Å²) < 4.78 is 19.7. The zero-order valence-corrected chi connectivity index (χ0v) is 11.9. The van der Waals surface area contributed by atoms with Crippen LogP contribution in [0.15, 0.2) is 54.9 Å². The van der Waals surface area contributed by atoms with E-state index in [0.29, 0.717) is 11.4 Å². The third kappa shape index (κ3) is 3.88. The molecule has 0 saturated carbocycles. The van der Waals surface area contributed by atoms with Crippen LogP contribution >= 0.6 is 0 Å². The van der Waals surface area contributed by atoms with E-state index in [1.54, 1.807) is 30.3 Å². The maximum absolute atomic E-state index is 13.0. The number of ether oxygens (including phenoxy) is 1. The minimum Gasteiger partial charge on any atom is -0.484 e. The number of carbonyl (C=O) groups excluding carboxylic acids is 1. The molecule has 8 heteroatoms. The van der Waals surface area contributed by atoms with Gasteiger partial charge in [-0.1, -0.05) is 6.07 Å². The summed E-state index contributed by atoms with van der Waals surface area (Å²) >= 11 is 0. The summed E-state index contributed by atoms with van der Waals surface area (Å²) in [4.78, 5) is 11.8. The summed E-state index contributed by atoms with van der Waals surface area (Å²) in [6.45, 7) is -0.210. The van der Waals surface area contributed by atoms with Crippen LogP contribution in [0.2, 0.25) is 0 Å². The smallest absolute Gasteiger partial charge is 0.262 e. The van der Waals surface area contributed by atoms with Crippen molar-refractivity contribution in [2.75, 3.05) is 11.9 Å². The van der Waals surface area contributed by atoms with Crippen LogP contribution in [0.4, 0.5) is 10.1 Å². The molecule has 7 nitrogen and oxygen atoms in total. The maximum atomic E-state index is 13.0. The van der Waals surface area contributed by atoms with E-state index in [2.05, 4.69) is 20.8 Å². The molecule has 0 spiro atoms. The molecule has 0 unspecified atom stereocenters. The summed E-state index contributed by atoms with van der Waals surface area (Å²) in [5.41, 5.74) is 1.37. The number of rotatable bonds is 5. The lowest BCUT2D eigenvalue weighted by Gasteiger charge is -2.08. The number of carbonyl (C=O) groups is 1. The van der Waals surface area contributed by atoms with Gasteiger partial charge in [-0.15, -0.1) is 5.10 Å². The highest BCUT2D eigenvalue weighted by Crippen LogP contribution is 2.13. The molecule has 0 aliphatic heterocycles. The zero-order chi connectivity index (χ0) is 16.1. The van der Waals surface area contributed by atoms with Crippen molar-refractivity contribution < 1.29 is 13.9 Å². The van der Waals surface area contributed by atoms with Crippen LogP contribution in [0, 0.1) is 5.82 Å². The van der Waals surface area contributed by atoms with E-state index in [9.17, 15) is 9.18 Å². The fraction of sp³-hybridized carbons (Fsp3) is 0.0667. The average molecular weight is 313 g/mol. The summed E-state index contributed by atoms with van der Waals surface area (Å²) in [5, 5.41) is 13.5. The summed E-state index contributed by atoms with van der Waals surface area (Å²) in [6, 6.07) is 12.6. The Bertz CT molecular complexity index is 790. The van der Waals surface area contributed by atoms with Crippen LogP contribution in [-0.4, -0.2) is 32.7 Å². The molecule has 23 heavy (non-hydrogen) atoms.